The number of carbonyl (C=O) groups is 2. The highest BCUT2D eigenvalue weighted by Crippen LogP contribution is 2.10. The molecule has 1 N–H and O–H groups in total. The summed E-state index contributed by atoms with van der Waals surface area (Å²) in [6.07, 6.45) is 2.96. The predicted molar refractivity (Wildman–Crippen MR) is 80.2 cm³/mol. The fourth-order valence-corrected chi connectivity index (χ4v) is 1.91. The Bertz CT molecular complexity index is 474. The second kappa shape index (κ2) is 8.67. The van der Waals surface area contributed by atoms with E-state index in [1.165, 1.54) is 6.26 Å². The zero-order valence-corrected chi connectivity index (χ0v) is 13.4. The van der Waals surface area contributed by atoms with Crippen LogP contribution >= 0.6 is 11.6 Å². The standard InChI is InChI=1S/C14H22ClN3O3/c1-4-6-16-13(19)11-9-21-12(17-11)8-18(7-5-2)14(20)10(3)15/h9-10H,4-8H2,1-3H3,(H,16,19)/t10-/m0/s1. The van der Waals surface area contributed by atoms with Gasteiger partial charge in [-0.05, 0) is 19.8 Å². The number of carbonyl (C=O) groups excluding carboxylic acids is 2. The topological polar surface area (TPSA) is 75.4 Å². The number of halogens is 1. The lowest BCUT2D eigenvalue weighted by atomic mass is 10.3. The van der Waals surface area contributed by atoms with Crippen LogP contribution in [0, 0.1) is 0 Å². The lowest BCUT2D eigenvalue weighted by Gasteiger charge is -2.21. The van der Waals surface area contributed by atoms with Crippen LogP contribution in [0.1, 0.15) is 50.0 Å². The van der Waals surface area contributed by atoms with Gasteiger partial charge in [0.25, 0.3) is 5.91 Å². The number of hydrogen-bond donors (Lipinski definition) is 1. The van der Waals surface area contributed by atoms with Crippen molar-refractivity contribution in [1.82, 2.24) is 15.2 Å². The average Bonchev–Trinajstić information content (AvgIpc) is 2.92. The number of nitrogens with one attached hydrogen (secondary N) is 1. The first-order valence-electron chi connectivity index (χ1n) is 7.15. The molecule has 1 aromatic rings. The Labute approximate surface area is 129 Å². The molecule has 1 rings (SSSR count). The van der Waals surface area contributed by atoms with E-state index in [0.29, 0.717) is 19.0 Å². The van der Waals surface area contributed by atoms with Gasteiger partial charge in [-0.25, -0.2) is 4.98 Å². The summed E-state index contributed by atoms with van der Waals surface area (Å²) in [6, 6.07) is 0. The second-order valence-corrected chi connectivity index (χ2v) is 5.41. The Hall–Kier alpha value is -1.56. The molecule has 0 fully saturated rings. The molecule has 0 bridgehead atoms. The molecule has 118 valence electrons. The Kier molecular flexibility index (Phi) is 7.22. The molecule has 7 heteroatoms. The Balaban J connectivity index is 2.70. The average molecular weight is 316 g/mol. The van der Waals surface area contributed by atoms with Gasteiger partial charge in [0.2, 0.25) is 11.8 Å². The van der Waals surface area contributed by atoms with Crippen LogP contribution < -0.4 is 5.32 Å². The monoisotopic (exact) mass is 315 g/mol. The molecule has 0 saturated carbocycles. The Morgan fingerprint density at radius 1 is 1.43 bits per heavy atom. The molecular formula is C14H22ClN3O3. The summed E-state index contributed by atoms with van der Waals surface area (Å²) in [4.78, 5) is 29.4. The van der Waals surface area contributed by atoms with Gasteiger partial charge in [0.15, 0.2) is 5.69 Å². The van der Waals surface area contributed by atoms with Gasteiger partial charge < -0.3 is 14.6 Å². The zero-order valence-electron chi connectivity index (χ0n) is 12.7. The van der Waals surface area contributed by atoms with E-state index in [4.69, 9.17) is 16.0 Å². The maximum atomic E-state index is 12.0. The van der Waals surface area contributed by atoms with E-state index < -0.39 is 5.38 Å². The highest BCUT2D eigenvalue weighted by atomic mass is 35.5. The third kappa shape index (κ3) is 5.38. The third-order valence-electron chi connectivity index (χ3n) is 2.79. The van der Waals surface area contributed by atoms with E-state index in [1.807, 2.05) is 13.8 Å². The summed E-state index contributed by atoms with van der Waals surface area (Å²) < 4.78 is 5.26. The van der Waals surface area contributed by atoms with Gasteiger partial charge in [-0.2, -0.15) is 0 Å². The molecular weight excluding hydrogens is 294 g/mol. The molecule has 21 heavy (non-hydrogen) atoms. The van der Waals surface area contributed by atoms with Gasteiger partial charge in [0, 0.05) is 13.1 Å². The number of alkyl halides is 1. The summed E-state index contributed by atoms with van der Waals surface area (Å²) in [7, 11) is 0. The molecule has 1 heterocycles. The first kappa shape index (κ1) is 17.5. The minimum absolute atomic E-state index is 0.172. The summed E-state index contributed by atoms with van der Waals surface area (Å²) in [5.41, 5.74) is 0.223. The molecule has 0 saturated heterocycles. The Morgan fingerprint density at radius 3 is 2.71 bits per heavy atom. The van der Waals surface area contributed by atoms with Crippen molar-refractivity contribution in [2.24, 2.45) is 0 Å². The molecule has 6 nitrogen and oxygen atoms in total. The van der Waals surface area contributed by atoms with Crippen LogP contribution in [0.3, 0.4) is 0 Å². The number of rotatable bonds is 8. The van der Waals surface area contributed by atoms with Gasteiger partial charge in [0.05, 0.1) is 6.54 Å². The van der Waals surface area contributed by atoms with Crippen LogP contribution in [0.4, 0.5) is 0 Å². The molecule has 0 aromatic carbocycles. The first-order chi connectivity index (χ1) is 9.99. The SMILES string of the molecule is CCCNC(=O)c1coc(CN(CCC)C(=O)[C@H](C)Cl)n1. The van der Waals surface area contributed by atoms with Crippen molar-refractivity contribution in [3.05, 3.63) is 17.8 Å². The van der Waals surface area contributed by atoms with E-state index in [0.717, 1.165) is 12.8 Å². The molecule has 0 unspecified atom stereocenters. The molecule has 2 amide bonds. The molecule has 1 atom stereocenters. The maximum absolute atomic E-state index is 12.0. The van der Waals surface area contributed by atoms with Crippen LogP contribution in [0.5, 0.6) is 0 Å². The van der Waals surface area contributed by atoms with E-state index in [1.54, 1.807) is 11.8 Å². The van der Waals surface area contributed by atoms with Crippen molar-refractivity contribution in [2.75, 3.05) is 13.1 Å². The number of aromatic nitrogens is 1. The van der Waals surface area contributed by atoms with Crippen molar-refractivity contribution < 1.29 is 14.0 Å². The van der Waals surface area contributed by atoms with E-state index >= 15 is 0 Å². The van der Waals surface area contributed by atoms with Crippen molar-refractivity contribution in [1.29, 1.82) is 0 Å². The lowest BCUT2D eigenvalue weighted by Crippen LogP contribution is -2.36. The smallest absolute Gasteiger partial charge is 0.273 e. The normalized spacial score (nSPS) is 12.0. The fraction of sp³-hybridized carbons (Fsp3) is 0.643. The van der Waals surface area contributed by atoms with Gasteiger partial charge in [-0.1, -0.05) is 13.8 Å². The number of nitrogens with zero attached hydrogens (tertiary/aromatic N) is 2. The molecule has 1 aromatic heterocycles. The predicted octanol–water partition coefficient (Wildman–Crippen LogP) is 2.18. The third-order valence-corrected chi connectivity index (χ3v) is 2.98. The highest BCUT2D eigenvalue weighted by molar-refractivity contribution is 6.30. The van der Waals surface area contributed by atoms with Crippen LogP contribution in [0.25, 0.3) is 0 Å². The maximum Gasteiger partial charge on any atom is 0.273 e. The number of hydrogen-bond acceptors (Lipinski definition) is 4. The zero-order chi connectivity index (χ0) is 15.8. The van der Waals surface area contributed by atoms with Crippen molar-refractivity contribution in [3.63, 3.8) is 0 Å². The van der Waals surface area contributed by atoms with Gasteiger partial charge in [-0.15, -0.1) is 11.6 Å². The minimum atomic E-state index is -0.598. The summed E-state index contributed by atoms with van der Waals surface area (Å²) in [5, 5.41) is 2.12. The first-order valence-corrected chi connectivity index (χ1v) is 7.58. The minimum Gasteiger partial charge on any atom is -0.446 e. The molecule has 0 aliphatic heterocycles. The largest absolute Gasteiger partial charge is 0.446 e. The fourth-order valence-electron chi connectivity index (χ4n) is 1.77. The van der Waals surface area contributed by atoms with E-state index in [9.17, 15) is 9.59 Å². The van der Waals surface area contributed by atoms with E-state index in [2.05, 4.69) is 10.3 Å². The summed E-state index contributed by atoms with van der Waals surface area (Å²) >= 11 is 5.83. The molecule has 0 aliphatic rings. The van der Waals surface area contributed by atoms with Gasteiger partial charge in [-0.3, -0.25) is 9.59 Å². The van der Waals surface area contributed by atoms with Crippen LogP contribution in [0.2, 0.25) is 0 Å². The van der Waals surface area contributed by atoms with Crippen molar-refractivity contribution in [3.8, 4) is 0 Å². The summed E-state index contributed by atoms with van der Waals surface area (Å²) in [5.74, 6) is -0.115. The van der Waals surface area contributed by atoms with Crippen LogP contribution in [-0.2, 0) is 11.3 Å². The van der Waals surface area contributed by atoms with Gasteiger partial charge >= 0.3 is 0 Å². The van der Waals surface area contributed by atoms with E-state index in [-0.39, 0.29) is 24.1 Å². The van der Waals surface area contributed by atoms with Gasteiger partial charge in [0.1, 0.15) is 11.6 Å². The molecule has 0 aliphatic carbocycles. The molecule has 0 spiro atoms. The number of oxazole rings is 1. The summed E-state index contributed by atoms with van der Waals surface area (Å²) in [6.45, 7) is 6.94. The quantitative estimate of drug-likeness (QED) is 0.746. The molecule has 0 radical (unpaired) electrons. The van der Waals surface area contributed by atoms with Crippen LogP contribution in [0.15, 0.2) is 10.7 Å². The van der Waals surface area contributed by atoms with Crippen LogP contribution in [-0.4, -0.2) is 40.2 Å². The van der Waals surface area contributed by atoms with Crippen molar-refractivity contribution >= 4 is 23.4 Å². The van der Waals surface area contributed by atoms with Crippen molar-refractivity contribution in [2.45, 2.75) is 45.5 Å². The number of amides is 2. The Morgan fingerprint density at radius 2 is 2.14 bits per heavy atom. The highest BCUT2D eigenvalue weighted by Gasteiger charge is 2.21. The lowest BCUT2D eigenvalue weighted by molar-refractivity contribution is -0.131. The second-order valence-electron chi connectivity index (χ2n) is 4.76.